The molecule has 0 aliphatic carbocycles. The van der Waals surface area contributed by atoms with Gasteiger partial charge < -0.3 is 4.90 Å². The van der Waals surface area contributed by atoms with Crippen LogP contribution in [-0.2, 0) is 4.79 Å². The summed E-state index contributed by atoms with van der Waals surface area (Å²) in [5.74, 6) is 0.459. The Kier molecular flexibility index (Phi) is 6.91. The van der Waals surface area contributed by atoms with Crippen LogP contribution >= 0.6 is 0 Å². The number of nitrogens with zero attached hydrogens (tertiary/aromatic N) is 5. The molecule has 1 aromatic rings. The van der Waals surface area contributed by atoms with Gasteiger partial charge >= 0.3 is 0 Å². The average molecular weight is 343 g/mol. The van der Waals surface area contributed by atoms with Gasteiger partial charge in [0.1, 0.15) is 6.04 Å². The van der Waals surface area contributed by atoms with Gasteiger partial charge in [0.25, 0.3) is 0 Å². The number of amides is 1. The van der Waals surface area contributed by atoms with Gasteiger partial charge in [0, 0.05) is 44.6 Å². The zero-order chi connectivity index (χ0) is 18.4. The molecule has 2 heterocycles. The van der Waals surface area contributed by atoms with Crippen LogP contribution in [-0.4, -0.2) is 71.4 Å². The number of nitriles is 1. The number of carbonyl (C=O) groups excluding carboxylic acids is 1. The van der Waals surface area contributed by atoms with Gasteiger partial charge in [-0.1, -0.05) is 13.8 Å². The lowest BCUT2D eigenvalue weighted by Crippen LogP contribution is -2.54. The minimum absolute atomic E-state index is 0.0633. The molecule has 2 unspecified atom stereocenters. The van der Waals surface area contributed by atoms with Gasteiger partial charge in [-0.3, -0.25) is 19.6 Å². The summed E-state index contributed by atoms with van der Waals surface area (Å²) in [6.07, 6.45) is 3.56. The van der Waals surface area contributed by atoms with Crippen molar-refractivity contribution in [3.63, 3.8) is 0 Å². The maximum absolute atomic E-state index is 12.6. The van der Waals surface area contributed by atoms with Gasteiger partial charge in [-0.15, -0.1) is 0 Å². The summed E-state index contributed by atoms with van der Waals surface area (Å²) in [6, 6.07) is 6.46. The van der Waals surface area contributed by atoms with Crippen molar-refractivity contribution in [2.45, 2.75) is 32.9 Å². The number of hydrogen-bond acceptors (Lipinski definition) is 5. The van der Waals surface area contributed by atoms with Crippen LogP contribution in [0.1, 0.15) is 32.4 Å². The Morgan fingerprint density at radius 2 is 1.84 bits per heavy atom. The second-order valence-electron chi connectivity index (χ2n) is 7.11. The topological polar surface area (TPSA) is 63.5 Å². The minimum Gasteiger partial charge on any atom is -0.339 e. The molecule has 1 fully saturated rings. The van der Waals surface area contributed by atoms with Crippen molar-refractivity contribution in [3.8, 4) is 6.07 Å². The van der Waals surface area contributed by atoms with Crippen molar-refractivity contribution >= 4 is 5.91 Å². The van der Waals surface area contributed by atoms with Crippen LogP contribution in [0, 0.1) is 17.2 Å². The van der Waals surface area contributed by atoms with Crippen LogP contribution in [0.5, 0.6) is 0 Å². The summed E-state index contributed by atoms with van der Waals surface area (Å²) < 4.78 is 0. The standard InChI is InChI=1S/C19H29N5O/c1-15(2)18(13-20)23-9-11-24(12-10-23)19(25)14-22(4)16(3)17-5-7-21-8-6-17/h5-8,15-16,18H,9-12,14H2,1-4H3. The van der Waals surface area contributed by atoms with E-state index in [1.54, 1.807) is 12.4 Å². The number of aromatic nitrogens is 1. The van der Waals surface area contributed by atoms with E-state index in [0.717, 1.165) is 18.7 Å². The SMILES string of the molecule is CC(C)C(C#N)N1CCN(C(=O)CN(C)C(C)c2ccncc2)CC1. The van der Waals surface area contributed by atoms with Gasteiger partial charge in [-0.05, 0) is 37.6 Å². The minimum atomic E-state index is -0.0633. The van der Waals surface area contributed by atoms with Crippen LogP contribution in [0.3, 0.4) is 0 Å². The molecule has 0 saturated carbocycles. The Morgan fingerprint density at radius 3 is 2.36 bits per heavy atom. The summed E-state index contributed by atoms with van der Waals surface area (Å²) in [6.45, 7) is 9.57. The first-order valence-electron chi connectivity index (χ1n) is 8.95. The largest absolute Gasteiger partial charge is 0.339 e. The lowest BCUT2D eigenvalue weighted by Gasteiger charge is -2.39. The summed E-state index contributed by atoms with van der Waals surface area (Å²) in [5, 5.41) is 9.33. The summed E-state index contributed by atoms with van der Waals surface area (Å²) >= 11 is 0. The van der Waals surface area contributed by atoms with Gasteiger partial charge in [-0.25, -0.2) is 0 Å². The summed E-state index contributed by atoms with van der Waals surface area (Å²) in [4.78, 5) is 22.8. The third-order valence-corrected chi connectivity index (χ3v) is 5.06. The average Bonchev–Trinajstić information content (AvgIpc) is 2.62. The summed E-state index contributed by atoms with van der Waals surface area (Å²) in [7, 11) is 1.98. The smallest absolute Gasteiger partial charge is 0.236 e. The Hall–Kier alpha value is -1.97. The highest BCUT2D eigenvalue weighted by Crippen LogP contribution is 2.18. The Balaban J connectivity index is 1.85. The maximum atomic E-state index is 12.6. The van der Waals surface area contributed by atoms with E-state index in [2.05, 4.69) is 41.6 Å². The van der Waals surface area contributed by atoms with Crippen molar-refractivity contribution < 1.29 is 4.79 Å². The number of pyridine rings is 1. The Labute approximate surface area is 151 Å². The molecule has 6 nitrogen and oxygen atoms in total. The third-order valence-electron chi connectivity index (χ3n) is 5.06. The molecule has 1 saturated heterocycles. The molecule has 25 heavy (non-hydrogen) atoms. The molecule has 1 amide bonds. The van der Waals surface area contributed by atoms with E-state index >= 15 is 0 Å². The van der Waals surface area contributed by atoms with E-state index in [1.165, 1.54) is 0 Å². The lowest BCUT2D eigenvalue weighted by atomic mass is 10.0. The van der Waals surface area contributed by atoms with Gasteiger partial charge in [0.15, 0.2) is 0 Å². The molecule has 1 aliphatic rings. The first-order chi connectivity index (χ1) is 11.9. The van der Waals surface area contributed by atoms with Crippen LogP contribution in [0.4, 0.5) is 0 Å². The zero-order valence-electron chi connectivity index (χ0n) is 15.7. The highest BCUT2D eigenvalue weighted by atomic mass is 16.2. The van der Waals surface area contributed by atoms with Crippen LogP contribution in [0.25, 0.3) is 0 Å². The first-order valence-corrected chi connectivity index (χ1v) is 8.95. The molecule has 2 rings (SSSR count). The molecule has 0 N–H and O–H groups in total. The van der Waals surface area contributed by atoms with Crippen molar-refractivity contribution in [2.24, 2.45) is 5.92 Å². The molecule has 2 atom stereocenters. The van der Waals surface area contributed by atoms with E-state index < -0.39 is 0 Å². The van der Waals surface area contributed by atoms with Gasteiger partial charge in [0.05, 0.1) is 12.6 Å². The third kappa shape index (κ3) is 5.00. The molecule has 6 heteroatoms. The van der Waals surface area contributed by atoms with Crippen molar-refractivity contribution in [1.82, 2.24) is 19.7 Å². The van der Waals surface area contributed by atoms with Crippen molar-refractivity contribution in [1.29, 1.82) is 5.26 Å². The van der Waals surface area contributed by atoms with Gasteiger partial charge in [0.2, 0.25) is 5.91 Å². The molecule has 0 bridgehead atoms. The van der Waals surface area contributed by atoms with Crippen LogP contribution in [0.15, 0.2) is 24.5 Å². The highest BCUT2D eigenvalue weighted by molar-refractivity contribution is 5.78. The van der Waals surface area contributed by atoms with E-state index in [1.807, 2.05) is 24.1 Å². The molecular formula is C19H29N5O. The van der Waals surface area contributed by atoms with Gasteiger partial charge in [-0.2, -0.15) is 5.26 Å². The monoisotopic (exact) mass is 343 g/mol. The molecule has 1 aromatic heterocycles. The second-order valence-corrected chi connectivity index (χ2v) is 7.11. The van der Waals surface area contributed by atoms with E-state index in [-0.39, 0.29) is 18.0 Å². The Morgan fingerprint density at radius 1 is 1.24 bits per heavy atom. The van der Waals surface area contributed by atoms with Crippen LogP contribution in [0.2, 0.25) is 0 Å². The lowest BCUT2D eigenvalue weighted by molar-refractivity contribution is -0.134. The number of carbonyl (C=O) groups is 1. The highest BCUT2D eigenvalue weighted by Gasteiger charge is 2.28. The molecule has 136 valence electrons. The Bertz CT molecular complexity index is 590. The number of hydrogen-bond donors (Lipinski definition) is 0. The van der Waals surface area contributed by atoms with Crippen molar-refractivity contribution in [2.75, 3.05) is 39.8 Å². The number of likely N-dealkylation sites (N-methyl/N-ethyl adjacent to an activating group) is 1. The molecule has 0 spiro atoms. The van der Waals surface area contributed by atoms with Crippen molar-refractivity contribution in [3.05, 3.63) is 30.1 Å². The molecular weight excluding hydrogens is 314 g/mol. The van der Waals surface area contributed by atoms with Crippen LogP contribution < -0.4 is 0 Å². The quantitative estimate of drug-likeness (QED) is 0.788. The van der Waals surface area contributed by atoms with E-state index in [4.69, 9.17) is 0 Å². The fourth-order valence-corrected chi connectivity index (χ4v) is 3.25. The predicted octanol–water partition coefficient (Wildman–Crippen LogP) is 1.77. The molecule has 1 aliphatic heterocycles. The maximum Gasteiger partial charge on any atom is 0.236 e. The van der Waals surface area contributed by atoms with E-state index in [9.17, 15) is 10.1 Å². The normalized spacial score (nSPS) is 18.2. The van der Waals surface area contributed by atoms with E-state index in [0.29, 0.717) is 25.6 Å². The fourth-order valence-electron chi connectivity index (χ4n) is 3.25. The zero-order valence-corrected chi connectivity index (χ0v) is 15.7. The number of rotatable bonds is 6. The predicted molar refractivity (Wildman–Crippen MR) is 97.7 cm³/mol. The first kappa shape index (κ1) is 19.4. The number of piperazine rings is 1. The second kappa shape index (κ2) is 8.93. The molecule has 0 radical (unpaired) electrons. The fraction of sp³-hybridized carbons (Fsp3) is 0.632. The molecule has 0 aromatic carbocycles. The summed E-state index contributed by atoms with van der Waals surface area (Å²) in [5.41, 5.74) is 1.16.